The van der Waals surface area contributed by atoms with E-state index in [1.165, 1.54) is 11.3 Å². The molecule has 2 aromatic heterocycles. The van der Waals surface area contributed by atoms with Crippen LogP contribution in [0.4, 0.5) is 20.4 Å². The summed E-state index contributed by atoms with van der Waals surface area (Å²) >= 11 is 1.45. The minimum absolute atomic E-state index is 0.00657. The fourth-order valence-electron chi connectivity index (χ4n) is 2.93. The monoisotopic (exact) mass is 361 g/mol. The molecule has 2 aliphatic heterocycles. The highest BCUT2D eigenvalue weighted by atomic mass is 32.1. The molecule has 0 spiro atoms. The molecule has 4 amide bonds. The number of aryl methyl sites for hydroxylation is 1. The van der Waals surface area contributed by atoms with Crippen LogP contribution in [-0.2, 0) is 0 Å². The van der Waals surface area contributed by atoms with Crippen molar-refractivity contribution in [3.05, 3.63) is 23.5 Å². The summed E-state index contributed by atoms with van der Waals surface area (Å²) in [7, 11) is 1.79. The fourth-order valence-corrected chi connectivity index (χ4v) is 3.58. The van der Waals surface area contributed by atoms with Gasteiger partial charge in [0, 0.05) is 50.5 Å². The molecule has 0 atom stereocenters. The Morgan fingerprint density at radius 3 is 2.76 bits per heavy atom. The second-order valence-corrected chi connectivity index (χ2v) is 7.53. The Labute approximate surface area is 148 Å². The summed E-state index contributed by atoms with van der Waals surface area (Å²) in [5.74, 6) is 0. The average Bonchev–Trinajstić information content (AvgIpc) is 3.22. The maximum absolute atomic E-state index is 12.2. The summed E-state index contributed by atoms with van der Waals surface area (Å²) < 4.78 is 1.83. The smallest absolute Gasteiger partial charge is 0.324 e. The van der Waals surface area contributed by atoms with Crippen molar-refractivity contribution in [2.24, 2.45) is 0 Å². The first kappa shape index (κ1) is 15.9. The lowest BCUT2D eigenvalue weighted by Gasteiger charge is -2.38. The molecule has 4 rings (SSSR count). The second kappa shape index (κ2) is 6.03. The number of hydrogen-bond donors (Lipinski definition) is 1. The van der Waals surface area contributed by atoms with E-state index in [9.17, 15) is 9.59 Å². The van der Waals surface area contributed by atoms with Gasteiger partial charge in [-0.05, 0) is 6.92 Å². The highest BCUT2D eigenvalue weighted by Crippen LogP contribution is 2.26. The van der Waals surface area contributed by atoms with Crippen molar-refractivity contribution in [2.45, 2.75) is 13.0 Å². The van der Waals surface area contributed by atoms with E-state index in [0.29, 0.717) is 24.8 Å². The second-order valence-electron chi connectivity index (χ2n) is 6.30. The summed E-state index contributed by atoms with van der Waals surface area (Å²) in [5.41, 5.74) is 0.801. The van der Waals surface area contributed by atoms with Crippen molar-refractivity contribution in [1.82, 2.24) is 24.6 Å². The number of aromatic nitrogens is 3. The maximum atomic E-state index is 12.2. The fraction of sp³-hybridized carbons (Fsp3) is 0.467. The SMILES string of the molecule is Cc1cnc(NC(=O)N2CC(n3cc(N4CCN(C)C4=O)cn3)C2)s1. The van der Waals surface area contributed by atoms with Crippen molar-refractivity contribution in [3.8, 4) is 0 Å². The summed E-state index contributed by atoms with van der Waals surface area (Å²) in [6.07, 6.45) is 5.32. The van der Waals surface area contributed by atoms with Crippen LogP contribution in [0, 0.1) is 6.92 Å². The van der Waals surface area contributed by atoms with E-state index in [1.807, 2.05) is 17.8 Å². The lowest BCUT2D eigenvalue weighted by atomic mass is 10.1. The number of likely N-dealkylation sites (N-methyl/N-ethyl adjacent to an activating group) is 1. The van der Waals surface area contributed by atoms with E-state index in [-0.39, 0.29) is 18.1 Å². The first-order valence-corrected chi connectivity index (χ1v) is 8.88. The number of amides is 4. The number of hydrogen-bond acceptors (Lipinski definition) is 5. The van der Waals surface area contributed by atoms with Crippen molar-refractivity contribution >= 4 is 34.2 Å². The minimum atomic E-state index is -0.144. The molecule has 4 heterocycles. The number of rotatable bonds is 3. The third kappa shape index (κ3) is 2.93. The first-order valence-electron chi connectivity index (χ1n) is 8.06. The molecule has 25 heavy (non-hydrogen) atoms. The Hall–Kier alpha value is -2.62. The highest BCUT2D eigenvalue weighted by Gasteiger charge is 2.34. The molecule has 10 heteroatoms. The van der Waals surface area contributed by atoms with Crippen molar-refractivity contribution < 1.29 is 9.59 Å². The molecular weight excluding hydrogens is 342 g/mol. The topological polar surface area (TPSA) is 86.6 Å². The predicted molar refractivity (Wildman–Crippen MR) is 94.1 cm³/mol. The van der Waals surface area contributed by atoms with E-state index in [2.05, 4.69) is 15.4 Å². The van der Waals surface area contributed by atoms with Gasteiger partial charge in [0.2, 0.25) is 0 Å². The molecule has 2 saturated heterocycles. The number of nitrogens with zero attached hydrogens (tertiary/aromatic N) is 6. The van der Waals surface area contributed by atoms with E-state index in [0.717, 1.165) is 17.1 Å². The van der Waals surface area contributed by atoms with Crippen LogP contribution in [0.2, 0.25) is 0 Å². The zero-order valence-electron chi connectivity index (χ0n) is 14.0. The van der Waals surface area contributed by atoms with Gasteiger partial charge >= 0.3 is 12.1 Å². The molecule has 0 saturated carbocycles. The van der Waals surface area contributed by atoms with Crippen LogP contribution in [0.5, 0.6) is 0 Å². The Balaban J connectivity index is 1.33. The van der Waals surface area contributed by atoms with E-state index >= 15 is 0 Å². The molecule has 2 aromatic rings. The molecule has 0 aliphatic carbocycles. The van der Waals surface area contributed by atoms with Gasteiger partial charge in [0.15, 0.2) is 5.13 Å². The van der Waals surface area contributed by atoms with Crippen LogP contribution in [0.25, 0.3) is 0 Å². The number of nitrogens with one attached hydrogen (secondary N) is 1. The summed E-state index contributed by atoms with van der Waals surface area (Å²) in [6, 6.07) is -0.0183. The number of thiazole rings is 1. The van der Waals surface area contributed by atoms with Crippen LogP contribution >= 0.6 is 11.3 Å². The van der Waals surface area contributed by atoms with E-state index in [4.69, 9.17) is 0 Å². The van der Waals surface area contributed by atoms with Crippen molar-refractivity contribution in [1.29, 1.82) is 0 Å². The molecule has 1 N–H and O–H groups in total. The van der Waals surface area contributed by atoms with Gasteiger partial charge in [-0.15, -0.1) is 11.3 Å². The largest absolute Gasteiger partial charge is 0.326 e. The zero-order chi connectivity index (χ0) is 17.6. The molecular formula is C15H19N7O2S. The molecule has 2 aliphatic rings. The standard InChI is InChI=1S/C15H19N7O2S/c1-10-5-16-13(25-10)18-14(23)20-7-12(8-20)22-9-11(6-17-22)21-4-3-19(2)15(21)24/h5-6,9,12H,3-4,7-8H2,1-2H3,(H,16,18,23). The molecule has 2 fully saturated rings. The molecule has 0 aromatic carbocycles. The molecule has 0 bridgehead atoms. The maximum Gasteiger partial charge on any atom is 0.324 e. The number of likely N-dealkylation sites (tertiary alicyclic amines) is 1. The number of anilines is 2. The Kier molecular flexibility index (Phi) is 3.83. The number of carbonyl (C=O) groups is 2. The van der Waals surface area contributed by atoms with Gasteiger partial charge in [-0.1, -0.05) is 0 Å². The summed E-state index contributed by atoms with van der Waals surface area (Å²) in [4.78, 5) is 34.5. The highest BCUT2D eigenvalue weighted by molar-refractivity contribution is 7.15. The van der Waals surface area contributed by atoms with E-state index < -0.39 is 0 Å². The molecule has 9 nitrogen and oxygen atoms in total. The van der Waals surface area contributed by atoms with Crippen LogP contribution in [0.1, 0.15) is 10.9 Å². The summed E-state index contributed by atoms with van der Waals surface area (Å²) in [5, 5.41) is 7.78. The van der Waals surface area contributed by atoms with E-state index in [1.54, 1.807) is 34.1 Å². The Morgan fingerprint density at radius 2 is 2.12 bits per heavy atom. The van der Waals surface area contributed by atoms with Crippen LogP contribution in [-0.4, -0.2) is 69.9 Å². The summed E-state index contributed by atoms with van der Waals surface area (Å²) in [6.45, 7) is 4.52. The molecule has 132 valence electrons. The third-order valence-electron chi connectivity index (χ3n) is 4.47. The lowest BCUT2D eigenvalue weighted by molar-refractivity contribution is 0.128. The first-order chi connectivity index (χ1) is 12.0. The quantitative estimate of drug-likeness (QED) is 0.900. The zero-order valence-corrected chi connectivity index (χ0v) is 14.9. The van der Waals surface area contributed by atoms with Crippen LogP contribution in [0.15, 0.2) is 18.6 Å². The normalized spacial score (nSPS) is 18.0. The van der Waals surface area contributed by atoms with Crippen molar-refractivity contribution in [2.75, 3.05) is 43.4 Å². The third-order valence-corrected chi connectivity index (χ3v) is 5.30. The Bertz CT molecular complexity index is 810. The van der Waals surface area contributed by atoms with Gasteiger partial charge in [-0.3, -0.25) is 14.9 Å². The van der Waals surface area contributed by atoms with Gasteiger partial charge < -0.3 is 9.80 Å². The van der Waals surface area contributed by atoms with Crippen molar-refractivity contribution in [3.63, 3.8) is 0 Å². The molecule has 0 unspecified atom stereocenters. The number of carbonyl (C=O) groups excluding carboxylic acids is 2. The Morgan fingerprint density at radius 1 is 1.32 bits per heavy atom. The average molecular weight is 361 g/mol. The lowest BCUT2D eigenvalue weighted by Crippen LogP contribution is -2.52. The van der Waals surface area contributed by atoms with Crippen LogP contribution < -0.4 is 10.2 Å². The number of urea groups is 2. The minimum Gasteiger partial charge on any atom is -0.326 e. The molecule has 0 radical (unpaired) electrons. The van der Waals surface area contributed by atoms with Gasteiger partial charge in [-0.2, -0.15) is 5.10 Å². The van der Waals surface area contributed by atoms with Gasteiger partial charge in [-0.25, -0.2) is 14.6 Å². The van der Waals surface area contributed by atoms with Gasteiger partial charge in [0.1, 0.15) is 0 Å². The predicted octanol–water partition coefficient (Wildman–Crippen LogP) is 1.61. The van der Waals surface area contributed by atoms with Gasteiger partial charge in [0.25, 0.3) is 0 Å². The van der Waals surface area contributed by atoms with Crippen LogP contribution in [0.3, 0.4) is 0 Å². The van der Waals surface area contributed by atoms with Gasteiger partial charge in [0.05, 0.1) is 17.9 Å².